The molecule has 0 fully saturated rings. The normalized spacial score (nSPS) is 10.5. The topological polar surface area (TPSA) is 37.8 Å². The van der Waals surface area contributed by atoms with Gasteiger partial charge in [-0.3, -0.25) is 0 Å². The summed E-state index contributed by atoms with van der Waals surface area (Å²) < 4.78 is 13.6. The van der Waals surface area contributed by atoms with E-state index in [1.807, 2.05) is 27.0 Å². The van der Waals surface area contributed by atoms with E-state index in [1.165, 1.54) is 6.07 Å². The van der Waals surface area contributed by atoms with Crippen LogP contribution in [0, 0.1) is 26.6 Å². The minimum Gasteiger partial charge on any atom is -0.373 e. The Morgan fingerprint density at radius 1 is 1.11 bits per heavy atom. The van der Waals surface area contributed by atoms with Crippen LogP contribution in [0.4, 0.5) is 10.2 Å². The van der Waals surface area contributed by atoms with Crippen molar-refractivity contribution < 1.29 is 4.39 Å². The number of hydrogen-bond donors (Lipinski definition) is 1. The van der Waals surface area contributed by atoms with Crippen molar-refractivity contribution >= 4 is 5.82 Å². The first-order chi connectivity index (χ1) is 8.52. The minimum absolute atomic E-state index is 0.236. The van der Waals surface area contributed by atoms with E-state index in [0.29, 0.717) is 17.0 Å². The molecular weight excluding hydrogens is 229 g/mol. The molecule has 1 aromatic heterocycles. The lowest BCUT2D eigenvalue weighted by atomic mass is 10.1. The van der Waals surface area contributed by atoms with Gasteiger partial charge in [0.25, 0.3) is 0 Å². The van der Waals surface area contributed by atoms with Gasteiger partial charge in [0.1, 0.15) is 11.6 Å². The SMILES string of the molecule is CNc1nc(-c2ccc(C)c(F)c2)nc(C)c1C. The zero-order chi connectivity index (χ0) is 13.3. The number of nitrogens with one attached hydrogen (secondary N) is 1. The first-order valence-corrected chi connectivity index (χ1v) is 5.82. The van der Waals surface area contributed by atoms with E-state index in [-0.39, 0.29) is 5.82 Å². The van der Waals surface area contributed by atoms with E-state index in [9.17, 15) is 4.39 Å². The predicted octanol–water partition coefficient (Wildman–Crippen LogP) is 3.25. The third kappa shape index (κ3) is 2.18. The summed E-state index contributed by atoms with van der Waals surface area (Å²) in [6.07, 6.45) is 0. The van der Waals surface area contributed by atoms with Crippen LogP contribution in [-0.4, -0.2) is 17.0 Å². The average molecular weight is 245 g/mol. The molecule has 0 saturated carbocycles. The van der Waals surface area contributed by atoms with Crippen molar-refractivity contribution in [1.82, 2.24) is 9.97 Å². The van der Waals surface area contributed by atoms with Gasteiger partial charge in [-0.1, -0.05) is 12.1 Å². The lowest BCUT2D eigenvalue weighted by Gasteiger charge is -2.10. The fourth-order valence-corrected chi connectivity index (χ4v) is 1.73. The Morgan fingerprint density at radius 2 is 1.83 bits per heavy atom. The highest BCUT2D eigenvalue weighted by atomic mass is 19.1. The average Bonchev–Trinajstić information content (AvgIpc) is 2.36. The first-order valence-electron chi connectivity index (χ1n) is 5.82. The van der Waals surface area contributed by atoms with Gasteiger partial charge in [-0.2, -0.15) is 0 Å². The van der Waals surface area contributed by atoms with Crippen molar-refractivity contribution in [3.8, 4) is 11.4 Å². The molecule has 0 spiro atoms. The van der Waals surface area contributed by atoms with Crippen molar-refractivity contribution in [1.29, 1.82) is 0 Å². The van der Waals surface area contributed by atoms with Crippen LogP contribution < -0.4 is 5.32 Å². The highest BCUT2D eigenvalue weighted by Crippen LogP contribution is 2.22. The Kier molecular flexibility index (Phi) is 3.28. The summed E-state index contributed by atoms with van der Waals surface area (Å²) in [7, 11) is 1.81. The van der Waals surface area contributed by atoms with Crippen LogP contribution in [0.3, 0.4) is 0 Å². The Hall–Kier alpha value is -1.97. The maximum absolute atomic E-state index is 13.6. The monoisotopic (exact) mass is 245 g/mol. The van der Waals surface area contributed by atoms with Gasteiger partial charge in [0.2, 0.25) is 0 Å². The molecule has 94 valence electrons. The number of hydrogen-bond acceptors (Lipinski definition) is 3. The lowest BCUT2D eigenvalue weighted by molar-refractivity contribution is 0.619. The fraction of sp³-hybridized carbons (Fsp3) is 0.286. The van der Waals surface area contributed by atoms with Crippen molar-refractivity contribution in [2.75, 3.05) is 12.4 Å². The number of anilines is 1. The predicted molar refractivity (Wildman–Crippen MR) is 71.2 cm³/mol. The summed E-state index contributed by atoms with van der Waals surface area (Å²) in [5.41, 5.74) is 3.22. The van der Waals surface area contributed by atoms with Crippen LogP contribution in [0.2, 0.25) is 0 Å². The van der Waals surface area contributed by atoms with Crippen LogP contribution >= 0.6 is 0 Å². The van der Waals surface area contributed by atoms with Crippen molar-refractivity contribution in [3.63, 3.8) is 0 Å². The van der Waals surface area contributed by atoms with E-state index in [1.54, 1.807) is 13.0 Å². The molecular formula is C14H16FN3. The van der Waals surface area contributed by atoms with Crippen molar-refractivity contribution in [2.45, 2.75) is 20.8 Å². The van der Waals surface area contributed by atoms with E-state index < -0.39 is 0 Å². The molecule has 3 nitrogen and oxygen atoms in total. The molecule has 2 aromatic rings. The molecule has 0 atom stereocenters. The van der Waals surface area contributed by atoms with Gasteiger partial charge in [-0.15, -0.1) is 0 Å². The van der Waals surface area contributed by atoms with Crippen LogP contribution in [0.15, 0.2) is 18.2 Å². The van der Waals surface area contributed by atoms with Crippen LogP contribution in [0.1, 0.15) is 16.8 Å². The summed E-state index contributed by atoms with van der Waals surface area (Å²) in [5.74, 6) is 1.08. The highest BCUT2D eigenvalue weighted by molar-refractivity contribution is 5.60. The molecule has 0 radical (unpaired) electrons. The molecule has 1 heterocycles. The van der Waals surface area contributed by atoms with E-state index in [0.717, 1.165) is 17.1 Å². The molecule has 2 rings (SSSR count). The molecule has 0 aliphatic rings. The standard InChI is InChI=1S/C14H16FN3/c1-8-5-6-11(7-12(8)15)14-17-10(3)9(2)13(16-4)18-14/h5-7H,1-4H3,(H,16,17,18). The smallest absolute Gasteiger partial charge is 0.161 e. The maximum Gasteiger partial charge on any atom is 0.161 e. The molecule has 0 amide bonds. The summed E-state index contributed by atoms with van der Waals surface area (Å²) in [5, 5.41) is 3.03. The van der Waals surface area contributed by atoms with Gasteiger partial charge in [-0.25, -0.2) is 14.4 Å². The molecule has 1 aromatic carbocycles. The number of halogens is 1. The molecule has 4 heteroatoms. The van der Waals surface area contributed by atoms with Gasteiger partial charge in [0.15, 0.2) is 5.82 Å². The van der Waals surface area contributed by atoms with Crippen LogP contribution in [0.25, 0.3) is 11.4 Å². The molecule has 0 aliphatic carbocycles. The third-order valence-electron chi connectivity index (χ3n) is 3.06. The van der Waals surface area contributed by atoms with Gasteiger partial charge in [0.05, 0.1) is 0 Å². The molecule has 0 bridgehead atoms. The molecule has 1 N–H and O–H groups in total. The first kappa shape index (κ1) is 12.5. The Balaban J connectivity index is 2.57. The second-order valence-electron chi connectivity index (χ2n) is 4.32. The lowest BCUT2D eigenvalue weighted by Crippen LogP contribution is -2.03. The molecule has 0 aliphatic heterocycles. The van der Waals surface area contributed by atoms with Gasteiger partial charge < -0.3 is 5.32 Å². The molecule has 0 unspecified atom stereocenters. The van der Waals surface area contributed by atoms with Crippen LogP contribution in [0.5, 0.6) is 0 Å². The number of nitrogens with zero attached hydrogens (tertiary/aromatic N) is 2. The summed E-state index contributed by atoms with van der Waals surface area (Å²) in [4.78, 5) is 8.81. The summed E-state index contributed by atoms with van der Waals surface area (Å²) in [6.45, 7) is 5.62. The highest BCUT2D eigenvalue weighted by Gasteiger charge is 2.09. The van der Waals surface area contributed by atoms with Gasteiger partial charge in [0, 0.05) is 23.9 Å². The van der Waals surface area contributed by atoms with Crippen LogP contribution in [-0.2, 0) is 0 Å². The van der Waals surface area contributed by atoms with E-state index in [2.05, 4.69) is 15.3 Å². The molecule has 0 saturated heterocycles. The number of aromatic nitrogens is 2. The maximum atomic E-state index is 13.6. The Bertz CT molecular complexity index is 594. The minimum atomic E-state index is -0.236. The largest absolute Gasteiger partial charge is 0.373 e. The molecule has 18 heavy (non-hydrogen) atoms. The third-order valence-corrected chi connectivity index (χ3v) is 3.06. The number of rotatable bonds is 2. The number of benzene rings is 1. The second kappa shape index (κ2) is 4.72. The Morgan fingerprint density at radius 3 is 2.44 bits per heavy atom. The summed E-state index contributed by atoms with van der Waals surface area (Å²) in [6, 6.07) is 5.04. The summed E-state index contributed by atoms with van der Waals surface area (Å²) >= 11 is 0. The second-order valence-corrected chi connectivity index (χ2v) is 4.32. The Labute approximate surface area is 106 Å². The zero-order valence-corrected chi connectivity index (χ0v) is 11.0. The van der Waals surface area contributed by atoms with Gasteiger partial charge in [-0.05, 0) is 32.4 Å². The quantitative estimate of drug-likeness (QED) is 0.882. The van der Waals surface area contributed by atoms with E-state index in [4.69, 9.17) is 0 Å². The van der Waals surface area contributed by atoms with Crippen molar-refractivity contribution in [3.05, 3.63) is 40.8 Å². The zero-order valence-electron chi connectivity index (χ0n) is 11.0. The van der Waals surface area contributed by atoms with Crippen molar-refractivity contribution in [2.24, 2.45) is 0 Å². The fourth-order valence-electron chi connectivity index (χ4n) is 1.73. The van der Waals surface area contributed by atoms with E-state index >= 15 is 0 Å². The van der Waals surface area contributed by atoms with Gasteiger partial charge >= 0.3 is 0 Å². The number of aryl methyl sites for hydroxylation is 2.